The van der Waals surface area contributed by atoms with Crippen molar-refractivity contribution >= 4 is 11.8 Å². The lowest BCUT2D eigenvalue weighted by molar-refractivity contribution is 0.0690. The first kappa shape index (κ1) is 11.2. The van der Waals surface area contributed by atoms with Crippen LogP contribution >= 0.6 is 0 Å². The fraction of sp³-hybridized carbons (Fsp3) is 0.300. The normalized spacial score (nSPS) is 10.5. The second-order valence-corrected chi connectivity index (χ2v) is 2.88. The number of aromatic carboxylic acids is 1. The van der Waals surface area contributed by atoms with Crippen LogP contribution in [0.25, 0.3) is 0 Å². The Labute approximate surface area is 87.9 Å². The van der Waals surface area contributed by atoms with E-state index in [2.05, 4.69) is 15.3 Å². The number of nitrogens with one attached hydrogen (secondary N) is 1. The van der Waals surface area contributed by atoms with E-state index >= 15 is 0 Å². The minimum absolute atomic E-state index is 0.0472. The molecule has 0 atom stereocenters. The number of hydrogen-bond acceptors (Lipinski definition) is 4. The Morgan fingerprint density at radius 2 is 2.33 bits per heavy atom. The molecule has 0 radical (unpaired) electrons. The van der Waals surface area contributed by atoms with Crippen molar-refractivity contribution in [1.82, 2.24) is 9.97 Å². The van der Waals surface area contributed by atoms with E-state index in [1.165, 1.54) is 12.4 Å². The molecule has 0 amide bonds. The highest BCUT2D eigenvalue weighted by molar-refractivity contribution is 5.84. The Bertz CT molecular complexity index is 346. The lowest BCUT2D eigenvalue weighted by Gasteiger charge is -2.02. The molecule has 2 N–H and O–H groups in total. The fourth-order valence-electron chi connectivity index (χ4n) is 0.980. The summed E-state index contributed by atoms with van der Waals surface area (Å²) in [6.07, 6.45) is 7.56. The van der Waals surface area contributed by atoms with Gasteiger partial charge in [-0.3, -0.25) is 0 Å². The molecule has 0 spiro atoms. The van der Waals surface area contributed by atoms with Crippen LogP contribution in [0.2, 0.25) is 0 Å². The van der Waals surface area contributed by atoms with Crippen LogP contribution in [0.15, 0.2) is 24.5 Å². The maximum Gasteiger partial charge on any atom is 0.356 e. The van der Waals surface area contributed by atoms with Gasteiger partial charge in [-0.25, -0.2) is 14.8 Å². The van der Waals surface area contributed by atoms with Crippen LogP contribution in [0.4, 0.5) is 5.82 Å². The zero-order chi connectivity index (χ0) is 11.1. The number of carbonyl (C=O) groups is 1. The summed E-state index contributed by atoms with van der Waals surface area (Å²) in [6, 6.07) is 0. The highest BCUT2D eigenvalue weighted by atomic mass is 16.4. The van der Waals surface area contributed by atoms with E-state index < -0.39 is 5.97 Å². The minimum atomic E-state index is -1.07. The quantitative estimate of drug-likeness (QED) is 0.566. The van der Waals surface area contributed by atoms with Gasteiger partial charge in [0, 0.05) is 6.54 Å². The van der Waals surface area contributed by atoms with Gasteiger partial charge in [0.1, 0.15) is 5.82 Å². The molecular weight excluding hydrogens is 194 g/mol. The second kappa shape index (κ2) is 5.74. The van der Waals surface area contributed by atoms with Crippen molar-refractivity contribution < 1.29 is 9.90 Å². The summed E-state index contributed by atoms with van der Waals surface area (Å²) in [6.45, 7) is 2.72. The number of carboxylic acids is 1. The molecule has 1 heterocycles. The second-order valence-electron chi connectivity index (χ2n) is 2.88. The van der Waals surface area contributed by atoms with E-state index in [9.17, 15) is 4.79 Å². The van der Waals surface area contributed by atoms with E-state index in [0.717, 1.165) is 13.0 Å². The molecule has 1 rings (SSSR count). The van der Waals surface area contributed by atoms with Crippen LogP contribution in [0.5, 0.6) is 0 Å². The molecule has 0 aliphatic carbocycles. The molecule has 15 heavy (non-hydrogen) atoms. The number of hydrogen-bond donors (Lipinski definition) is 2. The van der Waals surface area contributed by atoms with E-state index in [-0.39, 0.29) is 5.69 Å². The van der Waals surface area contributed by atoms with E-state index in [0.29, 0.717) is 5.82 Å². The van der Waals surface area contributed by atoms with Gasteiger partial charge < -0.3 is 10.4 Å². The Morgan fingerprint density at radius 3 is 2.87 bits per heavy atom. The molecule has 1 aromatic heterocycles. The molecule has 0 aliphatic rings. The Balaban J connectivity index is 2.46. The van der Waals surface area contributed by atoms with Gasteiger partial charge in [-0.15, -0.1) is 0 Å². The smallest absolute Gasteiger partial charge is 0.356 e. The average Bonchev–Trinajstić information content (AvgIpc) is 2.25. The van der Waals surface area contributed by atoms with E-state index in [1.807, 2.05) is 19.1 Å². The summed E-state index contributed by atoms with van der Waals surface area (Å²) in [5.41, 5.74) is -0.0472. The minimum Gasteiger partial charge on any atom is -0.476 e. The summed E-state index contributed by atoms with van der Waals surface area (Å²) in [5.74, 6) is -0.479. The maximum absolute atomic E-state index is 10.5. The molecule has 0 fully saturated rings. The maximum atomic E-state index is 10.5. The number of nitrogens with zero attached hydrogens (tertiary/aromatic N) is 2. The number of rotatable bonds is 5. The van der Waals surface area contributed by atoms with Gasteiger partial charge in [-0.05, 0) is 13.3 Å². The van der Waals surface area contributed by atoms with Gasteiger partial charge in [-0.1, -0.05) is 12.2 Å². The average molecular weight is 207 g/mol. The SMILES string of the molecule is C/C=C/CCNc1cnc(C(=O)O)cn1. The summed E-state index contributed by atoms with van der Waals surface area (Å²) < 4.78 is 0. The lowest BCUT2D eigenvalue weighted by atomic mass is 10.4. The highest BCUT2D eigenvalue weighted by Crippen LogP contribution is 2.01. The van der Waals surface area contributed by atoms with Crippen LogP contribution in [0, 0.1) is 0 Å². The van der Waals surface area contributed by atoms with Gasteiger partial charge in [0.15, 0.2) is 5.69 Å². The Kier molecular flexibility index (Phi) is 4.28. The first-order valence-electron chi connectivity index (χ1n) is 4.64. The lowest BCUT2D eigenvalue weighted by Crippen LogP contribution is -2.06. The van der Waals surface area contributed by atoms with Crippen LogP contribution < -0.4 is 5.32 Å². The van der Waals surface area contributed by atoms with Gasteiger partial charge >= 0.3 is 5.97 Å². The molecule has 5 nitrogen and oxygen atoms in total. The monoisotopic (exact) mass is 207 g/mol. The topological polar surface area (TPSA) is 75.1 Å². The predicted octanol–water partition coefficient (Wildman–Crippen LogP) is 1.55. The van der Waals surface area contributed by atoms with Crippen LogP contribution in [0.1, 0.15) is 23.8 Å². The van der Waals surface area contributed by atoms with Crippen molar-refractivity contribution in [2.75, 3.05) is 11.9 Å². The predicted molar refractivity (Wildman–Crippen MR) is 56.9 cm³/mol. The molecule has 0 saturated carbocycles. The van der Waals surface area contributed by atoms with Crippen molar-refractivity contribution in [2.45, 2.75) is 13.3 Å². The fourth-order valence-corrected chi connectivity index (χ4v) is 0.980. The number of aromatic nitrogens is 2. The van der Waals surface area contributed by atoms with Gasteiger partial charge in [-0.2, -0.15) is 0 Å². The highest BCUT2D eigenvalue weighted by Gasteiger charge is 2.03. The molecule has 0 aliphatic heterocycles. The molecule has 5 heteroatoms. The summed E-state index contributed by atoms with van der Waals surface area (Å²) >= 11 is 0. The first-order valence-corrected chi connectivity index (χ1v) is 4.64. The van der Waals surface area contributed by atoms with E-state index in [4.69, 9.17) is 5.11 Å². The first-order chi connectivity index (χ1) is 7.24. The van der Waals surface area contributed by atoms with Crippen molar-refractivity contribution in [3.05, 3.63) is 30.2 Å². The summed E-state index contributed by atoms with van der Waals surface area (Å²) in [7, 11) is 0. The number of allylic oxidation sites excluding steroid dienone is 1. The van der Waals surface area contributed by atoms with Crippen LogP contribution in [-0.2, 0) is 0 Å². The van der Waals surface area contributed by atoms with Gasteiger partial charge in [0.2, 0.25) is 0 Å². The summed E-state index contributed by atoms with van der Waals surface area (Å²) in [4.78, 5) is 18.1. The number of carboxylic acid groups (broad SMARTS) is 1. The molecule has 80 valence electrons. The zero-order valence-electron chi connectivity index (χ0n) is 8.47. The van der Waals surface area contributed by atoms with Crippen LogP contribution in [0.3, 0.4) is 0 Å². The molecule has 1 aromatic rings. The zero-order valence-corrected chi connectivity index (χ0v) is 8.47. The van der Waals surface area contributed by atoms with Gasteiger partial charge in [0.05, 0.1) is 12.4 Å². The van der Waals surface area contributed by atoms with Crippen molar-refractivity contribution in [3.8, 4) is 0 Å². The largest absolute Gasteiger partial charge is 0.476 e. The number of anilines is 1. The Hall–Kier alpha value is -1.91. The third-order valence-corrected chi connectivity index (χ3v) is 1.72. The van der Waals surface area contributed by atoms with E-state index in [1.54, 1.807) is 0 Å². The van der Waals surface area contributed by atoms with Crippen molar-refractivity contribution in [2.24, 2.45) is 0 Å². The molecule has 0 bridgehead atoms. The summed E-state index contributed by atoms with van der Waals surface area (Å²) in [5, 5.41) is 11.6. The third-order valence-electron chi connectivity index (χ3n) is 1.72. The van der Waals surface area contributed by atoms with Crippen molar-refractivity contribution in [3.63, 3.8) is 0 Å². The standard InChI is InChI=1S/C10H13N3O2/c1-2-3-4-5-11-9-7-12-8(6-13-9)10(14)15/h2-3,6-7H,4-5H2,1H3,(H,11,13)(H,14,15)/b3-2+. The molecular formula is C10H13N3O2. The molecule has 0 unspecified atom stereocenters. The third kappa shape index (κ3) is 3.76. The van der Waals surface area contributed by atoms with Crippen LogP contribution in [-0.4, -0.2) is 27.6 Å². The van der Waals surface area contributed by atoms with Crippen molar-refractivity contribution in [1.29, 1.82) is 0 Å². The molecule has 0 aromatic carbocycles. The molecule has 0 saturated heterocycles. The van der Waals surface area contributed by atoms with Gasteiger partial charge in [0.25, 0.3) is 0 Å². The Morgan fingerprint density at radius 1 is 1.53 bits per heavy atom.